The highest BCUT2D eigenvalue weighted by atomic mass is 32.2. The standard InChI is InChI=1S/C9H20N4O4S/c1-4-9(5-2,7(10)11)13-18(15,16)12-8(14)17-6-3/h13H,4-6H2,1-3H3,(H3,10,11)(H,12,14). The van der Waals surface area contributed by atoms with Gasteiger partial charge in [0, 0.05) is 0 Å². The molecule has 106 valence electrons. The highest BCUT2D eigenvalue weighted by molar-refractivity contribution is 7.88. The Kier molecular flexibility index (Phi) is 6.06. The fourth-order valence-corrected chi connectivity index (χ4v) is 2.63. The number of amides is 1. The predicted octanol–water partition coefficient (Wildman–Crippen LogP) is 0.0617. The van der Waals surface area contributed by atoms with Crippen molar-refractivity contribution in [3.05, 3.63) is 0 Å². The van der Waals surface area contributed by atoms with Crippen LogP contribution in [0.3, 0.4) is 0 Å². The number of amidine groups is 1. The molecule has 0 saturated heterocycles. The van der Waals surface area contributed by atoms with E-state index in [0.717, 1.165) is 0 Å². The van der Waals surface area contributed by atoms with Crippen LogP contribution >= 0.6 is 0 Å². The molecule has 5 N–H and O–H groups in total. The van der Waals surface area contributed by atoms with Gasteiger partial charge >= 0.3 is 16.3 Å². The first-order valence-corrected chi connectivity index (χ1v) is 7.04. The maximum absolute atomic E-state index is 11.7. The first-order valence-electron chi connectivity index (χ1n) is 5.56. The Labute approximate surface area is 107 Å². The first kappa shape index (κ1) is 16.6. The number of carbonyl (C=O) groups is 1. The smallest absolute Gasteiger partial charge is 0.421 e. The van der Waals surface area contributed by atoms with Crippen LogP contribution in [0.25, 0.3) is 0 Å². The molecule has 18 heavy (non-hydrogen) atoms. The molecule has 0 aromatic rings. The van der Waals surface area contributed by atoms with Crippen LogP contribution in [0.15, 0.2) is 0 Å². The molecule has 0 spiro atoms. The summed E-state index contributed by atoms with van der Waals surface area (Å²) in [6.45, 7) is 4.99. The van der Waals surface area contributed by atoms with E-state index in [0.29, 0.717) is 12.8 Å². The van der Waals surface area contributed by atoms with Crippen molar-refractivity contribution in [2.24, 2.45) is 5.73 Å². The molecule has 0 aromatic carbocycles. The molecule has 0 bridgehead atoms. The Balaban J connectivity index is 4.93. The number of rotatable bonds is 7. The monoisotopic (exact) mass is 280 g/mol. The van der Waals surface area contributed by atoms with Gasteiger partial charge in [-0.3, -0.25) is 5.41 Å². The van der Waals surface area contributed by atoms with E-state index >= 15 is 0 Å². The molecule has 1 amide bonds. The predicted molar refractivity (Wildman–Crippen MR) is 67.4 cm³/mol. The van der Waals surface area contributed by atoms with Crippen LogP contribution in [0.1, 0.15) is 33.6 Å². The molecule has 0 saturated carbocycles. The zero-order valence-corrected chi connectivity index (χ0v) is 11.6. The van der Waals surface area contributed by atoms with Crippen LogP contribution in [0.2, 0.25) is 0 Å². The van der Waals surface area contributed by atoms with E-state index < -0.39 is 21.8 Å². The van der Waals surface area contributed by atoms with Gasteiger partial charge in [0.15, 0.2) is 0 Å². The summed E-state index contributed by atoms with van der Waals surface area (Å²) in [5.74, 6) is -0.304. The summed E-state index contributed by atoms with van der Waals surface area (Å²) in [5, 5.41) is 7.45. The van der Waals surface area contributed by atoms with Crippen molar-refractivity contribution in [1.82, 2.24) is 9.44 Å². The second-order valence-electron chi connectivity index (χ2n) is 3.63. The minimum absolute atomic E-state index is 0.0563. The largest absolute Gasteiger partial charge is 0.449 e. The molecule has 8 nitrogen and oxygen atoms in total. The van der Waals surface area contributed by atoms with Gasteiger partial charge in [0.2, 0.25) is 0 Å². The summed E-state index contributed by atoms with van der Waals surface area (Å²) in [6, 6.07) is 0. The number of hydrogen-bond acceptors (Lipinski definition) is 5. The summed E-state index contributed by atoms with van der Waals surface area (Å²) >= 11 is 0. The number of nitrogens with two attached hydrogens (primary N) is 1. The van der Waals surface area contributed by atoms with Gasteiger partial charge < -0.3 is 10.5 Å². The average molecular weight is 280 g/mol. The van der Waals surface area contributed by atoms with Gasteiger partial charge in [-0.25, -0.2) is 9.52 Å². The van der Waals surface area contributed by atoms with E-state index in [-0.39, 0.29) is 12.4 Å². The molecule has 0 atom stereocenters. The molecule has 0 rings (SSSR count). The Morgan fingerprint density at radius 2 is 1.83 bits per heavy atom. The van der Waals surface area contributed by atoms with E-state index in [1.807, 2.05) is 0 Å². The van der Waals surface area contributed by atoms with Crippen molar-refractivity contribution in [1.29, 1.82) is 5.41 Å². The zero-order valence-electron chi connectivity index (χ0n) is 10.7. The summed E-state index contributed by atoms with van der Waals surface area (Å²) in [4.78, 5) is 11.1. The molecule has 0 unspecified atom stereocenters. The molecular formula is C9H20N4O4S. The second-order valence-corrected chi connectivity index (χ2v) is 5.05. The molecule has 0 fully saturated rings. The lowest BCUT2D eigenvalue weighted by Crippen LogP contribution is -2.59. The number of nitrogens with one attached hydrogen (secondary N) is 3. The molecule has 0 aromatic heterocycles. The fraction of sp³-hybridized carbons (Fsp3) is 0.778. The molecule has 9 heteroatoms. The molecule has 0 radical (unpaired) electrons. The maximum atomic E-state index is 11.7. The summed E-state index contributed by atoms with van der Waals surface area (Å²) in [7, 11) is -4.13. The van der Waals surface area contributed by atoms with Gasteiger partial charge in [-0.1, -0.05) is 13.8 Å². The Bertz CT molecular complexity index is 403. The Morgan fingerprint density at radius 3 is 2.17 bits per heavy atom. The first-order chi connectivity index (χ1) is 8.23. The van der Waals surface area contributed by atoms with Gasteiger partial charge in [0.25, 0.3) is 0 Å². The third-order valence-corrected chi connectivity index (χ3v) is 3.64. The number of carbonyl (C=O) groups excluding carboxylic acids is 1. The maximum Gasteiger partial charge on any atom is 0.421 e. The quantitative estimate of drug-likeness (QED) is 0.386. The van der Waals surface area contributed by atoms with Crippen LogP contribution in [-0.4, -0.2) is 32.5 Å². The van der Waals surface area contributed by atoms with Crippen molar-refractivity contribution in [3.63, 3.8) is 0 Å². The lowest BCUT2D eigenvalue weighted by Gasteiger charge is -2.30. The van der Waals surface area contributed by atoms with E-state index in [1.54, 1.807) is 25.5 Å². The Morgan fingerprint density at radius 1 is 1.33 bits per heavy atom. The van der Waals surface area contributed by atoms with E-state index in [2.05, 4.69) is 9.46 Å². The van der Waals surface area contributed by atoms with Crippen molar-refractivity contribution in [3.8, 4) is 0 Å². The lowest BCUT2D eigenvalue weighted by atomic mass is 9.93. The molecule has 0 aliphatic heterocycles. The summed E-state index contributed by atoms with van der Waals surface area (Å²) in [5.41, 5.74) is 4.21. The fourth-order valence-electron chi connectivity index (χ4n) is 1.38. The molecule has 0 aliphatic carbocycles. The van der Waals surface area contributed by atoms with Crippen molar-refractivity contribution in [2.45, 2.75) is 39.2 Å². The van der Waals surface area contributed by atoms with Crippen LogP contribution < -0.4 is 15.2 Å². The SMILES string of the molecule is CCOC(=O)NS(=O)(=O)NC(CC)(CC)C(=N)N. The minimum Gasteiger partial charge on any atom is -0.449 e. The highest BCUT2D eigenvalue weighted by Gasteiger charge is 2.35. The van der Waals surface area contributed by atoms with Gasteiger partial charge in [-0.05, 0) is 19.8 Å². The van der Waals surface area contributed by atoms with E-state index in [1.165, 1.54) is 0 Å². The topological polar surface area (TPSA) is 134 Å². The highest BCUT2D eigenvalue weighted by Crippen LogP contribution is 2.15. The number of hydrogen-bond donors (Lipinski definition) is 4. The van der Waals surface area contributed by atoms with E-state index in [4.69, 9.17) is 11.1 Å². The second kappa shape index (κ2) is 6.55. The third-order valence-electron chi connectivity index (χ3n) is 2.55. The third kappa shape index (κ3) is 4.49. The van der Waals surface area contributed by atoms with Gasteiger partial charge in [0.1, 0.15) is 5.84 Å². The zero-order chi connectivity index (χ0) is 14.4. The van der Waals surface area contributed by atoms with Crippen molar-refractivity contribution >= 4 is 22.1 Å². The van der Waals surface area contributed by atoms with Crippen LogP contribution in [0.4, 0.5) is 4.79 Å². The summed E-state index contributed by atoms with van der Waals surface area (Å²) in [6.07, 6.45) is -0.486. The van der Waals surface area contributed by atoms with Crippen molar-refractivity contribution in [2.75, 3.05) is 6.61 Å². The van der Waals surface area contributed by atoms with Crippen LogP contribution in [0.5, 0.6) is 0 Å². The van der Waals surface area contributed by atoms with Gasteiger partial charge in [-0.2, -0.15) is 13.1 Å². The lowest BCUT2D eigenvalue weighted by molar-refractivity contribution is 0.158. The Hall–Kier alpha value is -1.35. The minimum atomic E-state index is -4.13. The van der Waals surface area contributed by atoms with Gasteiger partial charge in [-0.15, -0.1) is 0 Å². The van der Waals surface area contributed by atoms with Crippen LogP contribution in [0, 0.1) is 5.41 Å². The average Bonchev–Trinajstić information content (AvgIpc) is 2.25. The normalized spacial score (nSPS) is 11.9. The summed E-state index contributed by atoms with van der Waals surface area (Å²) < 4.78 is 31.7. The van der Waals surface area contributed by atoms with Gasteiger partial charge in [0.05, 0.1) is 12.1 Å². The molecule has 0 heterocycles. The van der Waals surface area contributed by atoms with E-state index in [9.17, 15) is 13.2 Å². The molecular weight excluding hydrogens is 260 g/mol. The van der Waals surface area contributed by atoms with Crippen molar-refractivity contribution < 1.29 is 17.9 Å². The molecule has 0 aliphatic rings. The number of ether oxygens (including phenoxy) is 1. The van der Waals surface area contributed by atoms with Crippen LogP contribution in [-0.2, 0) is 14.9 Å².